The van der Waals surface area contributed by atoms with E-state index < -0.39 is 0 Å². The first-order chi connectivity index (χ1) is 12.1. The lowest BCUT2D eigenvalue weighted by Crippen LogP contribution is -2.04. The number of rotatable bonds is 9. The normalized spacial score (nSPS) is 10.9. The molecule has 0 saturated heterocycles. The first-order valence-electron chi connectivity index (χ1n) is 8.58. The lowest BCUT2D eigenvalue weighted by molar-refractivity contribution is 0.104. The van der Waals surface area contributed by atoms with Crippen molar-refractivity contribution >= 4 is 11.9 Å². The topological polar surface area (TPSA) is 66.8 Å². The standard InChI is InChI=1S/C21H24O4/c1-2-3-4-5-15-25-20-8-6-7-18(23)21(20)19(24)14-11-16-9-12-17(22)13-10-16/h6-14,22-23H,2-5,15H2,1H3/b14-11+. The van der Waals surface area contributed by atoms with E-state index in [1.54, 1.807) is 42.5 Å². The van der Waals surface area contributed by atoms with Crippen LogP contribution in [0.4, 0.5) is 0 Å². The van der Waals surface area contributed by atoms with Gasteiger partial charge in [-0.05, 0) is 42.3 Å². The van der Waals surface area contributed by atoms with Crippen molar-refractivity contribution in [3.63, 3.8) is 0 Å². The molecule has 0 radical (unpaired) electrons. The number of ketones is 1. The van der Waals surface area contributed by atoms with Gasteiger partial charge < -0.3 is 14.9 Å². The van der Waals surface area contributed by atoms with E-state index in [9.17, 15) is 15.0 Å². The van der Waals surface area contributed by atoms with E-state index in [0.717, 1.165) is 31.2 Å². The van der Waals surface area contributed by atoms with Crippen LogP contribution in [0.15, 0.2) is 48.5 Å². The molecule has 2 aromatic carbocycles. The fourth-order valence-electron chi connectivity index (χ4n) is 2.44. The highest BCUT2D eigenvalue weighted by Gasteiger charge is 2.15. The van der Waals surface area contributed by atoms with Gasteiger partial charge in [-0.2, -0.15) is 0 Å². The summed E-state index contributed by atoms with van der Waals surface area (Å²) >= 11 is 0. The average molecular weight is 340 g/mol. The van der Waals surface area contributed by atoms with Crippen LogP contribution < -0.4 is 4.74 Å². The number of hydrogen-bond acceptors (Lipinski definition) is 4. The zero-order valence-corrected chi connectivity index (χ0v) is 14.4. The molecule has 0 amide bonds. The van der Waals surface area contributed by atoms with Crippen molar-refractivity contribution in [2.75, 3.05) is 6.61 Å². The Morgan fingerprint density at radius 2 is 1.80 bits per heavy atom. The van der Waals surface area contributed by atoms with Gasteiger partial charge in [0.25, 0.3) is 0 Å². The van der Waals surface area contributed by atoms with Gasteiger partial charge in [-0.25, -0.2) is 0 Å². The third-order valence-electron chi connectivity index (χ3n) is 3.83. The zero-order valence-electron chi connectivity index (χ0n) is 14.4. The van der Waals surface area contributed by atoms with E-state index in [2.05, 4.69) is 6.92 Å². The maximum absolute atomic E-state index is 12.5. The highest BCUT2D eigenvalue weighted by atomic mass is 16.5. The molecule has 4 heteroatoms. The molecule has 0 fully saturated rings. The molecule has 4 nitrogen and oxygen atoms in total. The molecule has 2 N–H and O–H groups in total. The van der Waals surface area contributed by atoms with Crippen LogP contribution in [0.2, 0.25) is 0 Å². The van der Waals surface area contributed by atoms with Gasteiger partial charge in [-0.3, -0.25) is 4.79 Å². The summed E-state index contributed by atoms with van der Waals surface area (Å²) in [5.41, 5.74) is 0.955. The SMILES string of the molecule is CCCCCCOc1cccc(O)c1C(=O)/C=C/c1ccc(O)cc1. The first-order valence-corrected chi connectivity index (χ1v) is 8.58. The molecule has 0 atom stereocenters. The molecule has 0 unspecified atom stereocenters. The van der Waals surface area contributed by atoms with Gasteiger partial charge in [0, 0.05) is 0 Å². The van der Waals surface area contributed by atoms with Crippen LogP contribution in [-0.2, 0) is 0 Å². The number of phenols is 2. The van der Waals surface area contributed by atoms with E-state index >= 15 is 0 Å². The van der Waals surface area contributed by atoms with Crippen molar-refractivity contribution in [2.45, 2.75) is 32.6 Å². The van der Waals surface area contributed by atoms with E-state index in [1.807, 2.05) is 0 Å². The Hall–Kier alpha value is -2.75. The molecule has 0 aromatic heterocycles. The second-order valence-corrected chi connectivity index (χ2v) is 5.85. The third-order valence-corrected chi connectivity index (χ3v) is 3.83. The van der Waals surface area contributed by atoms with Gasteiger partial charge >= 0.3 is 0 Å². The second-order valence-electron chi connectivity index (χ2n) is 5.85. The largest absolute Gasteiger partial charge is 0.508 e. The van der Waals surface area contributed by atoms with Crippen LogP contribution in [0.25, 0.3) is 6.08 Å². The summed E-state index contributed by atoms with van der Waals surface area (Å²) in [6.45, 7) is 2.67. The van der Waals surface area contributed by atoms with Crippen LogP contribution >= 0.6 is 0 Å². The summed E-state index contributed by atoms with van der Waals surface area (Å²) in [4.78, 5) is 12.5. The van der Waals surface area contributed by atoms with Crippen molar-refractivity contribution in [2.24, 2.45) is 0 Å². The average Bonchev–Trinajstić information content (AvgIpc) is 2.61. The lowest BCUT2D eigenvalue weighted by atomic mass is 10.1. The number of ether oxygens (including phenoxy) is 1. The highest BCUT2D eigenvalue weighted by molar-refractivity contribution is 6.10. The molecule has 0 saturated carbocycles. The summed E-state index contributed by atoms with van der Waals surface area (Å²) in [5.74, 6) is 0.154. The maximum atomic E-state index is 12.5. The maximum Gasteiger partial charge on any atom is 0.193 e. The van der Waals surface area contributed by atoms with Crippen molar-refractivity contribution in [1.82, 2.24) is 0 Å². The Kier molecular flexibility index (Phi) is 7.08. The Morgan fingerprint density at radius 1 is 1.04 bits per heavy atom. The number of hydrogen-bond donors (Lipinski definition) is 2. The summed E-state index contributed by atoms with van der Waals surface area (Å²) < 4.78 is 5.71. The minimum atomic E-state index is -0.324. The molecular weight excluding hydrogens is 316 g/mol. The summed E-state index contributed by atoms with van der Waals surface area (Å²) in [6.07, 6.45) is 7.34. The molecule has 0 heterocycles. The van der Waals surface area contributed by atoms with E-state index in [-0.39, 0.29) is 22.8 Å². The number of aromatic hydroxyl groups is 2. The van der Waals surface area contributed by atoms with Gasteiger partial charge in [0.15, 0.2) is 5.78 Å². The van der Waals surface area contributed by atoms with Gasteiger partial charge in [-0.15, -0.1) is 0 Å². The Morgan fingerprint density at radius 3 is 2.52 bits per heavy atom. The van der Waals surface area contributed by atoms with Gasteiger partial charge in [-0.1, -0.05) is 50.5 Å². The monoisotopic (exact) mass is 340 g/mol. The molecule has 132 valence electrons. The van der Waals surface area contributed by atoms with Crippen LogP contribution in [0.5, 0.6) is 17.2 Å². The minimum absolute atomic E-state index is 0.0913. The number of carbonyl (C=O) groups is 1. The van der Waals surface area contributed by atoms with Gasteiger partial charge in [0.2, 0.25) is 0 Å². The highest BCUT2D eigenvalue weighted by Crippen LogP contribution is 2.29. The van der Waals surface area contributed by atoms with Crippen molar-refractivity contribution in [1.29, 1.82) is 0 Å². The smallest absolute Gasteiger partial charge is 0.193 e. The second kappa shape index (κ2) is 9.52. The van der Waals surface area contributed by atoms with E-state index in [1.165, 1.54) is 12.1 Å². The molecule has 0 aliphatic carbocycles. The minimum Gasteiger partial charge on any atom is -0.508 e. The van der Waals surface area contributed by atoms with E-state index in [0.29, 0.717) is 12.4 Å². The summed E-state index contributed by atoms with van der Waals surface area (Å²) in [5, 5.41) is 19.3. The number of unbranched alkanes of at least 4 members (excludes halogenated alkanes) is 3. The number of benzene rings is 2. The van der Waals surface area contributed by atoms with E-state index in [4.69, 9.17) is 4.74 Å². The lowest BCUT2D eigenvalue weighted by Gasteiger charge is -2.11. The first kappa shape index (κ1) is 18.6. The van der Waals surface area contributed by atoms with Crippen LogP contribution in [0, 0.1) is 0 Å². The quantitative estimate of drug-likeness (QED) is 0.385. The Labute approximate surface area is 148 Å². The zero-order chi connectivity index (χ0) is 18.1. The molecule has 0 bridgehead atoms. The molecule has 2 rings (SSSR count). The molecule has 0 aliphatic heterocycles. The van der Waals surface area contributed by atoms with Crippen LogP contribution in [0.3, 0.4) is 0 Å². The van der Waals surface area contributed by atoms with Gasteiger partial charge in [0.1, 0.15) is 22.8 Å². The van der Waals surface area contributed by atoms with Gasteiger partial charge in [0.05, 0.1) is 6.61 Å². The Balaban J connectivity index is 2.08. The van der Waals surface area contributed by atoms with Crippen LogP contribution in [-0.4, -0.2) is 22.6 Å². The molecule has 0 spiro atoms. The van der Waals surface area contributed by atoms with Crippen molar-refractivity contribution < 1.29 is 19.7 Å². The van der Waals surface area contributed by atoms with Crippen molar-refractivity contribution in [3.8, 4) is 17.2 Å². The predicted molar refractivity (Wildman–Crippen MR) is 99.2 cm³/mol. The summed E-state index contributed by atoms with van der Waals surface area (Å²) in [7, 11) is 0. The van der Waals surface area contributed by atoms with Crippen molar-refractivity contribution in [3.05, 3.63) is 59.7 Å². The summed E-state index contributed by atoms with van der Waals surface area (Å²) in [6, 6.07) is 11.3. The molecule has 2 aromatic rings. The molecular formula is C21H24O4. The number of carbonyl (C=O) groups excluding carboxylic acids is 1. The number of allylic oxidation sites excluding steroid dienone is 1. The molecule has 0 aliphatic rings. The predicted octanol–water partition coefficient (Wildman–Crippen LogP) is 4.95. The Bertz CT molecular complexity index is 717. The fourth-order valence-corrected chi connectivity index (χ4v) is 2.44. The number of phenolic OH excluding ortho intramolecular Hbond substituents is 2. The fraction of sp³-hybridized carbons (Fsp3) is 0.286. The molecule has 25 heavy (non-hydrogen) atoms. The van der Waals surface area contributed by atoms with Crippen LogP contribution in [0.1, 0.15) is 48.5 Å². The third kappa shape index (κ3) is 5.68.